The summed E-state index contributed by atoms with van der Waals surface area (Å²) in [5.74, 6) is 0. The second kappa shape index (κ2) is 7.31. The van der Waals surface area contributed by atoms with Crippen molar-refractivity contribution in [1.29, 1.82) is 0 Å². The molecule has 0 saturated heterocycles. The molecule has 29 heavy (non-hydrogen) atoms. The Bertz CT molecular complexity index is 1010. The fraction of sp³-hybridized carbons (Fsp3) is 0.474. The Kier molecular flexibility index (Phi) is 5.23. The molecule has 0 fully saturated rings. The van der Waals surface area contributed by atoms with Crippen LogP contribution in [0.1, 0.15) is 54.0 Å². The van der Waals surface area contributed by atoms with Gasteiger partial charge in [0.05, 0.1) is 6.20 Å². The molecule has 0 bridgehead atoms. The number of carbonyl (C=O) groups is 1. The Hall–Kier alpha value is -1.52. The van der Waals surface area contributed by atoms with Crippen molar-refractivity contribution in [2.24, 2.45) is 5.14 Å². The number of nitrogens with two attached hydrogens (primary N) is 1. The SMILES string of the molecule is CC(C)(O)c1ncc([SH](N)(=O)NC(=O)Nc2c3c(c(Cl)c4c2CCC4)CCC3)s1. The first-order valence-corrected chi connectivity index (χ1v) is 12.6. The first kappa shape index (κ1) is 20.7. The lowest BCUT2D eigenvalue weighted by molar-refractivity contribution is 0.0783. The Labute approximate surface area is 179 Å². The van der Waals surface area contributed by atoms with Gasteiger partial charge >= 0.3 is 6.03 Å². The number of hydrogen-bond donors (Lipinski definition) is 5. The number of fused-ring (bicyclic) bond motifs is 2. The fourth-order valence-corrected chi connectivity index (χ4v) is 6.80. The summed E-state index contributed by atoms with van der Waals surface area (Å²) in [7, 11) is -3.68. The van der Waals surface area contributed by atoms with Gasteiger partial charge in [-0.2, -0.15) is 0 Å². The first-order valence-electron chi connectivity index (χ1n) is 9.60. The number of carbonyl (C=O) groups excluding carboxylic acids is 1. The van der Waals surface area contributed by atoms with Crippen LogP contribution >= 0.6 is 22.9 Å². The molecule has 2 amide bonds. The highest BCUT2D eigenvalue weighted by atomic mass is 35.5. The lowest BCUT2D eigenvalue weighted by atomic mass is 9.98. The number of benzene rings is 1. The van der Waals surface area contributed by atoms with Crippen molar-refractivity contribution >= 4 is 45.0 Å². The number of anilines is 1. The highest BCUT2D eigenvalue weighted by Gasteiger charge is 2.30. The van der Waals surface area contributed by atoms with Gasteiger partial charge < -0.3 is 10.4 Å². The minimum Gasteiger partial charge on any atom is -0.383 e. The van der Waals surface area contributed by atoms with Gasteiger partial charge in [-0.05, 0) is 74.6 Å². The number of thiazole rings is 1. The van der Waals surface area contributed by atoms with Gasteiger partial charge in [0.15, 0.2) is 0 Å². The molecule has 2 aromatic rings. The van der Waals surface area contributed by atoms with Gasteiger partial charge in [0.2, 0.25) is 0 Å². The highest BCUT2D eigenvalue weighted by molar-refractivity contribution is 8.01. The summed E-state index contributed by atoms with van der Waals surface area (Å²) >= 11 is 7.64. The van der Waals surface area contributed by atoms with E-state index in [9.17, 15) is 14.1 Å². The number of aliphatic hydroxyl groups is 1. The average Bonchev–Trinajstić information content (AvgIpc) is 3.37. The van der Waals surface area contributed by atoms with Crippen LogP contribution in [0.5, 0.6) is 0 Å². The maximum Gasteiger partial charge on any atom is 0.330 e. The van der Waals surface area contributed by atoms with E-state index in [1.165, 1.54) is 6.20 Å². The number of aromatic nitrogens is 1. The molecule has 5 N–H and O–H groups in total. The van der Waals surface area contributed by atoms with Crippen LogP contribution in [0, 0.1) is 0 Å². The zero-order valence-corrected chi connectivity index (χ0v) is 18.8. The van der Waals surface area contributed by atoms with Crippen LogP contribution in [-0.2, 0) is 41.6 Å². The third-order valence-electron chi connectivity index (χ3n) is 5.42. The molecule has 0 atom stereocenters. The standard InChI is InChI=1S/C19H25ClN4O3S2/c1-19(2,26)17-22-9-14(28-17)29(21,27)24-18(25)23-16-12-7-3-5-10(12)15(20)11-6-4-8-13(11)16/h9,26,29H,3-8H2,1-2H3,(H4,21,23,24,25,27). The second-order valence-electron chi connectivity index (χ2n) is 8.10. The number of nitrogens with zero attached hydrogens (tertiary/aromatic N) is 1. The van der Waals surface area contributed by atoms with Gasteiger partial charge in [-0.15, -0.1) is 11.3 Å². The molecule has 158 valence electrons. The monoisotopic (exact) mass is 456 g/mol. The molecule has 1 heterocycles. The van der Waals surface area contributed by atoms with E-state index in [4.69, 9.17) is 16.7 Å². The lowest BCUT2D eigenvalue weighted by Gasteiger charge is -2.22. The number of rotatable bonds is 4. The van der Waals surface area contributed by atoms with Crippen LogP contribution in [0.4, 0.5) is 10.5 Å². The zero-order valence-electron chi connectivity index (χ0n) is 16.3. The molecule has 10 heteroatoms. The summed E-state index contributed by atoms with van der Waals surface area (Å²) in [5.41, 5.74) is 4.04. The van der Waals surface area contributed by atoms with E-state index in [1.807, 2.05) is 0 Å². The highest BCUT2D eigenvalue weighted by Crippen LogP contribution is 2.44. The quantitative estimate of drug-likeness (QED) is 0.454. The molecule has 2 aliphatic rings. The molecule has 1 aromatic heterocycles. The van der Waals surface area contributed by atoms with Crippen molar-refractivity contribution in [3.05, 3.63) is 38.5 Å². The van der Waals surface area contributed by atoms with Gasteiger partial charge in [-0.25, -0.2) is 14.0 Å². The van der Waals surface area contributed by atoms with E-state index in [1.54, 1.807) is 13.8 Å². The largest absolute Gasteiger partial charge is 0.383 e. The van der Waals surface area contributed by atoms with Gasteiger partial charge in [0.25, 0.3) is 0 Å². The molecule has 7 nitrogen and oxygen atoms in total. The maximum atomic E-state index is 13.0. The number of amides is 2. The van der Waals surface area contributed by atoms with Crippen molar-refractivity contribution in [3.63, 3.8) is 0 Å². The van der Waals surface area contributed by atoms with E-state index < -0.39 is 21.9 Å². The van der Waals surface area contributed by atoms with Crippen molar-refractivity contribution < 1.29 is 14.1 Å². The number of nitrogens with one attached hydrogen (secondary N) is 2. The number of urea groups is 1. The third kappa shape index (κ3) is 3.82. The van der Waals surface area contributed by atoms with Gasteiger partial charge in [-0.1, -0.05) is 11.6 Å². The van der Waals surface area contributed by atoms with E-state index in [0.717, 1.165) is 82.8 Å². The summed E-state index contributed by atoms with van der Waals surface area (Å²) in [4.78, 5) is 16.8. The molecule has 0 radical (unpaired) electrons. The van der Waals surface area contributed by atoms with Crippen molar-refractivity contribution in [1.82, 2.24) is 9.71 Å². The molecular weight excluding hydrogens is 432 g/mol. The predicted octanol–water partition coefficient (Wildman–Crippen LogP) is 2.99. The normalized spacial score (nSPS) is 16.4. The predicted molar refractivity (Wildman–Crippen MR) is 117 cm³/mol. The van der Waals surface area contributed by atoms with Crippen LogP contribution in [0.3, 0.4) is 0 Å². The molecular formula is C19H25ClN4O3S2. The van der Waals surface area contributed by atoms with E-state index in [-0.39, 0.29) is 4.21 Å². The maximum absolute atomic E-state index is 13.0. The minimum atomic E-state index is -3.68. The Morgan fingerprint density at radius 2 is 1.76 bits per heavy atom. The van der Waals surface area contributed by atoms with Crippen LogP contribution < -0.4 is 15.2 Å². The molecule has 0 spiro atoms. The zero-order chi connectivity index (χ0) is 21.0. The first-order chi connectivity index (χ1) is 13.6. The van der Waals surface area contributed by atoms with Gasteiger partial charge in [0, 0.05) is 21.0 Å². The van der Waals surface area contributed by atoms with Crippen molar-refractivity contribution in [2.45, 2.75) is 62.2 Å². The lowest BCUT2D eigenvalue weighted by Crippen LogP contribution is -2.44. The van der Waals surface area contributed by atoms with E-state index in [0.29, 0.717) is 5.01 Å². The van der Waals surface area contributed by atoms with Gasteiger partial charge in [0.1, 0.15) is 14.8 Å². The summed E-state index contributed by atoms with van der Waals surface area (Å²) in [6, 6.07) is -0.612. The molecule has 0 saturated carbocycles. The van der Waals surface area contributed by atoms with Gasteiger partial charge in [-0.3, -0.25) is 9.86 Å². The fourth-order valence-electron chi connectivity index (χ4n) is 4.09. The Balaban J connectivity index is 1.58. The average molecular weight is 457 g/mol. The molecule has 1 aromatic carbocycles. The minimum absolute atomic E-state index is 0.233. The molecule has 0 unspecified atom stereocenters. The van der Waals surface area contributed by atoms with Crippen molar-refractivity contribution in [3.8, 4) is 0 Å². The molecule has 4 rings (SSSR count). The van der Waals surface area contributed by atoms with Crippen LogP contribution in [0.2, 0.25) is 5.02 Å². The molecule has 2 aliphatic carbocycles. The summed E-state index contributed by atoms with van der Waals surface area (Å²) < 4.78 is 15.6. The summed E-state index contributed by atoms with van der Waals surface area (Å²) in [6.07, 6.45) is 6.90. The summed E-state index contributed by atoms with van der Waals surface area (Å²) in [6.45, 7) is 3.16. The third-order valence-corrected chi connectivity index (χ3v) is 9.38. The number of hydrogen-bond acceptors (Lipinski definition) is 5. The van der Waals surface area contributed by atoms with Crippen LogP contribution in [0.15, 0.2) is 10.4 Å². The van der Waals surface area contributed by atoms with E-state index in [2.05, 4.69) is 15.0 Å². The van der Waals surface area contributed by atoms with Crippen LogP contribution in [-0.4, -0.2) is 20.3 Å². The molecule has 0 aliphatic heterocycles. The number of halogens is 1. The van der Waals surface area contributed by atoms with E-state index >= 15 is 0 Å². The van der Waals surface area contributed by atoms with Crippen molar-refractivity contribution in [2.75, 3.05) is 5.32 Å². The van der Waals surface area contributed by atoms with Crippen LogP contribution in [0.25, 0.3) is 0 Å². The summed E-state index contributed by atoms with van der Waals surface area (Å²) in [5, 5.41) is 20.1. The topological polar surface area (TPSA) is 117 Å². The Morgan fingerprint density at radius 3 is 2.28 bits per heavy atom. The number of thiol groups is 1. The second-order valence-corrected chi connectivity index (χ2v) is 11.8. The smallest absolute Gasteiger partial charge is 0.330 e. The Morgan fingerprint density at radius 1 is 1.21 bits per heavy atom.